The highest BCUT2D eigenvalue weighted by Gasteiger charge is 2.18. The third-order valence-corrected chi connectivity index (χ3v) is 5.75. The summed E-state index contributed by atoms with van der Waals surface area (Å²) in [5.74, 6) is 0.697. The number of hydrogen-bond donors (Lipinski definition) is 1. The molecule has 0 spiro atoms. The topological polar surface area (TPSA) is 12.0 Å². The molecule has 0 aliphatic rings. The van der Waals surface area contributed by atoms with Gasteiger partial charge in [-0.05, 0) is 73.5 Å². The average Bonchev–Trinajstić information content (AvgIpc) is 2.75. The van der Waals surface area contributed by atoms with Gasteiger partial charge in [0.2, 0.25) is 0 Å². The summed E-state index contributed by atoms with van der Waals surface area (Å²) < 4.78 is 2.34. The van der Waals surface area contributed by atoms with E-state index < -0.39 is 0 Å². The van der Waals surface area contributed by atoms with E-state index in [0.29, 0.717) is 5.92 Å². The quantitative estimate of drug-likeness (QED) is 0.577. The van der Waals surface area contributed by atoms with Crippen LogP contribution in [0.15, 0.2) is 37.9 Å². The third-order valence-electron chi connectivity index (χ3n) is 3.36. The summed E-state index contributed by atoms with van der Waals surface area (Å²) in [6.45, 7) is 7.61. The Kier molecular flexibility index (Phi) is 6.48. The summed E-state index contributed by atoms with van der Waals surface area (Å²) in [5, 5.41) is 3.59. The van der Waals surface area contributed by atoms with E-state index in [1.165, 1.54) is 20.5 Å². The lowest BCUT2D eigenvalue weighted by Gasteiger charge is -2.19. The number of benzene rings is 1. The van der Waals surface area contributed by atoms with Crippen LogP contribution in [0.1, 0.15) is 43.5 Å². The predicted molar refractivity (Wildman–Crippen MR) is 100 cm³/mol. The van der Waals surface area contributed by atoms with Crippen LogP contribution in [-0.2, 0) is 6.42 Å². The molecule has 0 aliphatic heterocycles. The van der Waals surface area contributed by atoms with Crippen molar-refractivity contribution in [1.29, 1.82) is 0 Å². The van der Waals surface area contributed by atoms with Crippen molar-refractivity contribution < 1.29 is 0 Å². The monoisotopic (exact) mass is 429 g/mol. The van der Waals surface area contributed by atoms with Crippen molar-refractivity contribution >= 4 is 43.2 Å². The summed E-state index contributed by atoms with van der Waals surface area (Å²) in [5.41, 5.74) is 4.02. The van der Waals surface area contributed by atoms with Gasteiger partial charge in [-0.25, -0.2) is 0 Å². The minimum absolute atomic E-state index is 0.236. The summed E-state index contributed by atoms with van der Waals surface area (Å²) in [6, 6.07) is 11.5. The Balaban J connectivity index is 2.28. The largest absolute Gasteiger partial charge is 0.306 e. The highest BCUT2D eigenvalue weighted by atomic mass is 79.9. The van der Waals surface area contributed by atoms with Crippen molar-refractivity contribution in [2.24, 2.45) is 5.92 Å². The zero-order valence-electron chi connectivity index (χ0n) is 12.6. The molecule has 1 heterocycles. The number of hydrogen-bond acceptors (Lipinski definition) is 2. The molecule has 4 heteroatoms. The van der Waals surface area contributed by atoms with E-state index in [-0.39, 0.29) is 6.04 Å². The maximum absolute atomic E-state index is 3.68. The first-order chi connectivity index (χ1) is 10.0. The van der Waals surface area contributed by atoms with E-state index in [2.05, 4.69) is 88.3 Å². The molecule has 0 amide bonds. The SMILES string of the molecule is CCNC(c1ccc(CC(C)C)cc1)c1cc(Br)sc1Br. The van der Waals surface area contributed by atoms with Crippen molar-refractivity contribution in [3.8, 4) is 0 Å². The second kappa shape index (κ2) is 7.91. The van der Waals surface area contributed by atoms with Gasteiger partial charge in [0, 0.05) is 0 Å². The van der Waals surface area contributed by atoms with Crippen molar-refractivity contribution in [2.75, 3.05) is 6.54 Å². The number of rotatable bonds is 6. The van der Waals surface area contributed by atoms with Crippen molar-refractivity contribution in [1.82, 2.24) is 5.32 Å². The van der Waals surface area contributed by atoms with Crippen LogP contribution < -0.4 is 5.32 Å². The molecule has 2 rings (SSSR count). The molecular weight excluding hydrogens is 410 g/mol. The first-order valence-electron chi connectivity index (χ1n) is 7.28. The van der Waals surface area contributed by atoms with Gasteiger partial charge in [-0.1, -0.05) is 45.0 Å². The highest BCUT2D eigenvalue weighted by molar-refractivity contribution is 9.12. The first kappa shape index (κ1) is 17.2. The smallest absolute Gasteiger partial charge is 0.0761 e. The molecule has 0 saturated carbocycles. The fraction of sp³-hybridized carbons (Fsp3) is 0.412. The van der Waals surface area contributed by atoms with Gasteiger partial charge < -0.3 is 5.32 Å². The van der Waals surface area contributed by atoms with Gasteiger partial charge in [0.25, 0.3) is 0 Å². The molecule has 0 radical (unpaired) electrons. The van der Waals surface area contributed by atoms with Crippen LogP contribution in [0.25, 0.3) is 0 Å². The van der Waals surface area contributed by atoms with E-state index in [1.807, 2.05) is 0 Å². The Bertz CT molecular complexity index is 575. The zero-order valence-corrected chi connectivity index (χ0v) is 16.6. The minimum atomic E-state index is 0.236. The fourth-order valence-corrected chi connectivity index (χ4v) is 5.38. The number of halogens is 2. The summed E-state index contributed by atoms with van der Waals surface area (Å²) >= 11 is 8.98. The molecule has 1 N–H and O–H groups in total. The Hall–Kier alpha value is -0.160. The number of nitrogens with one attached hydrogen (secondary N) is 1. The normalized spacial score (nSPS) is 12.9. The average molecular weight is 431 g/mol. The molecule has 0 saturated heterocycles. The van der Waals surface area contributed by atoms with Crippen LogP contribution in [0, 0.1) is 5.92 Å². The standard InChI is InChI=1S/C17H21Br2NS/c1-4-20-16(14-10-15(18)21-17(14)19)13-7-5-12(6-8-13)9-11(2)3/h5-8,10-11,16,20H,4,9H2,1-3H3. The Labute approximate surface area is 148 Å². The van der Waals surface area contributed by atoms with Crippen LogP contribution in [0.4, 0.5) is 0 Å². The zero-order chi connectivity index (χ0) is 15.4. The second-order valence-corrected chi connectivity index (χ2v) is 9.36. The molecule has 1 aromatic heterocycles. The first-order valence-corrected chi connectivity index (χ1v) is 9.68. The molecule has 21 heavy (non-hydrogen) atoms. The lowest BCUT2D eigenvalue weighted by molar-refractivity contribution is 0.627. The summed E-state index contributed by atoms with van der Waals surface area (Å²) in [6.07, 6.45) is 1.14. The Morgan fingerprint density at radius 1 is 1.14 bits per heavy atom. The highest BCUT2D eigenvalue weighted by Crippen LogP contribution is 2.37. The van der Waals surface area contributed by atoms with Crippen LogP contribution in [0.2, 0.25) is 0 Å². The third kappa shape index (κ3) is 4.65. The van der Waals surface area contributed by atoms with E-state index >= 15 is 0 Å². The molecule has 1 nitrogen and oxygen atoms in total. The molecule has 2 aromatic rings. The molecule has 1 unspecified atom stereocenters. The van der Waals surface area contributed by atoms with Crippen LogP contribution in [0.3, 0.4) is 0 Å². The van der Waals surface area contributed by atoms with Gasteiger partial charge in [0.1, 0.15) is 0 Å². The maximum atomic E-state index is 3.68. The molecule has 1 aromatic carbocycles. The van der Waals surface area contributed by atoms with Gasteiger partial charge in [0.05, 0.1) is 13.6 Å². The molecule has 0 bridgehead atoms. The lowest BCUT2D eigenvalue weighted by atomic mass is 9.97. The summed E-state index contributed by atoms with van der Waals surface area (Å²) in [7, 11) is 0. The predicted octanol–water partition coefficient (Wildman–Crippen LogP) is 6.17. The van der Waals surface area contributed by atoms with E-state index in [1.54, 1.807) is 11.3 Å². The fourth-order valence-electron chi connectivity index (χ4n) is 2.48. The van der Waals surface area contributed by atoms with Gasteiger partial charge in [-0.2, -0.15) is 0 Å². The van der Waals surface area contributed by atoms with Gasteiger partial charge in [-0.3, -0.25) is 0 Å². The maximum Gasteiger partial charge on any atom is 0.0761 e. The molecule has 0 aliphatic carbocycles. The van der Waals surface area contributed by atoms with Crippen LogP contribution in [0.5, 0.6) is 0 Å². The van der Waals surface area contributed by atoms with E-state index in [0.717, 1.165) is 16.8 Å². The van der Waals surface area contributed by atoms with Gasteiger partial charge in [-0.15, -0.1) is 11.3 Å². The lowest BCUT2D eigenvalue weighted by Crippen LogP contribution is -2.21. The molecule has 1 atom stereocenters. The van der Waals surface area contributed by atoms with Gasteiger partial charge in [0.15, 0.2) is 0 Å². The van der Waals surface area contributed by atoms with E-state index in [4.69, 9.17) is 0 Å². The Morgan fingerprint density at radius 2 is 1.81 bits per heavy atom. The molecule has 114 valence electrons. The van der Waals surface area contributed by atoms with Gasteiger partial charge >= 0.3 is 0 Å². The molecule has 0 fully saturated rings. The summed E-state index contributed by atoms with van der Waals surface area (Å²) in [4.78, 5) is 0. The van der Waals surface area contributed by atoms with Crippen LogP contribution >= 0.6 is 43.2 Å². The van der Waals surface area contributed by atoms with Crippen LogP contribution in [-0.4, -0.2) is 6.54 Å². The minimum Gasteiger partial charge on any atom is -0.306 e. The Morgan fingerprint density at radius 3 is 2.29 bits per heavy atom. The van der Waals surface area contributed by atoms with Crippen molar-refractivity contribution in [3.63, 3.8) is 0 Å². The van der Waals surface area contributed by atoms with Crippen molar-refractivity contribution in [2.45, 2.75) is 33.2 Å². The van der Waals surface area contributed by atoms with Crippen molar-refractivity contribution in [3.05, 3.63) is 54.6 Å². The van der Waals surface area contributed by atoms with E-state index in [9.17, 15) is 0 Å². The second-order valence-electron chi connectivity index (χ2n) is 5.61. The molecular formula is C17H21Br2NS. The number of thiophene rings is 1.